The maximum Gasteiger partial charge on any atom is 0.316 e. The fourth-order valence-electron chi connectivity index (χ4n) is 2.88. The lowest BCUT2D eigenvalue weighted by atomic mass is 10.3. The molecule has 2 amide bonds. The van der Waals surface area contributed by atoms with Gasteiger partial charge < -0.3 is 20.3 Å². The molecule has 3 rings (SSSR count). The molecule has 34 heavy (non-hydrogen) atoms. The van der Waals surface area contributed by atoms with Gasteiger partial charge in [-0.25, -0.2) is 15.0 Å². The normalized spacial score (nSPS) is 10.6. The number of amides is 2. The van der Waals surface area contributed by atoms with Gasteiger partial charge in [-0.1, -0.05) is 0 Å². The number of carbonyl (C=O) groups excluding carboxylic acids is 2. The molecular formula is C22H27FN8O3. The molecule has 0 bridgehead atoms. The van der Waals surface area contributed by atoms with E-state index in [2.05, 4.69) is 30.7 Å². The first-order chi connectivity index (χ1) is 16.3. The summed E-state index contributed by atoms with van der Waals surface area (Å²) in [5, 5.41) is 9.90. The molecule has 0 fully saturated rings. The maximum atomic E-state index is 13.1. The number of pyridine rings is 1. The van der Waals surface area contributed by atoms with Crippen LogP contribution in [0.15, 0.2) is 36.9 Å². The summed E-state index contributed by atoms with van der Waals surface area (Å²) in [4.78, 5) is 37.9. The summed E-state index contributed by atoms with van der Waals surface area (Å²) in [7, 11) is 1.67. The minimum Gasteiger partial charge on any atom is -0.462 e. The van der Waals surface area contributed by atoms with Crippen molar-refractivity contribution in [2.45, 2.75) is 26.8 Å². The summed E-state index contributed by atoms with van der Waals surface area (Å²) >= 11 is 0. The van der Waals surface area contributed by atoms with Crippen molar-refractivity contribution in [1.29, 1.82) is 0 Å². The van der Waals surface area contributed by atoms with Crippen LogP contribution in [0, 0.1) is 19.8 Å². The third-order valence-electron chi connectivity index (χ3n) is 4.77. The summed E-state index contributed by atoms with van der Waals surface area (Å²) in [5.41, 5.74) is 2.61. The number of aryl methyl sites for hydroxylation is 2. The highest BCUT2D eigenvalue weighted by Gasteiger charge is 2.12. The highest BCUT2D eigenvalue weighted by molar-refractivity contribution is 5.90. The van der Waals surface area contributed by atoms with Crippen LogP contribution >= 0.6 is 0 Å². The molecule has 0 aliphatic carbocycles. The number of rotatable bonds is 11. The lowest BCUT2D eigenvalue weighted by molar-refractivity contribution is -0.131. The number of nitrogens with zero attached hydrogens (tertiary/aromatic N) is 6. The standard InChI is InChI=1S/C22H27FN8O3/c1-15-10-25-22(26-11-15)34-9-8-30(3)21(33)14-31-13-17(12-27-31)29-20(32)6-7-24-18-4-5-19(23)28-16(18)2/h4-5,10-13,24H,6-9,14H2,1-3H3,(H,29,32). The van der Waals surface area contributed by atoms with Crippen molar-refractivity contribution >= 4 is 23.2 Å². The molecule has 0 spiro atoms. The van der Waals surface area contributed by atoms with Gasteiger partial charge in [-0.05, 0) is 31.5 Å². The average Bonchev–Trinajstić information content (AvgIpc) is 3.23. The number of likely N-dealkylation sites (N-methyl/N-ethyl adjacent to an activating group) is 1. The lowest BCUT2D eigenvalue weighted by Crippen LogP contribution is -2.33. The van der Waals surface area contributed by atoms with Gasteiger partial charge >= 0.3 is 6.01 Å². The van der Waals surface area contributed by atoms with E-state index in [1.807, 2.05) is 6.92 Å². The number of aromatic nitrogens is 5. The van der Waals surface area contributed by atoms with Gasteiger partial charge in [-0.2, -0.15) is 9.49 Å². The number of ether oxygens (including phenoxy) is 1. The van der Waals surface area contributed by atoms with E-state index in [9.17, 15) is 14.0 Å². The quantitative estimate of drug-likeness (QED) is 0.406. The third-order valence-corrected chi connectivity index (χ3v) is 4.77. The van der Waals surface area contributed by atoms with Gasteiger partial charge in [-0.3, -0.25) is 14.3 Å². The van der Waals surface area contributed by atoms with Gasteiger partial charge in [0, 0.05) is 38.6 Å². The van der Waals surface area contributed by atoms with Gasteiger partial charge in [0.05, 0.1) is 29.8 Å². The van der Waals surface area contributed by atoms with Crippen LogP contribution in [0.4, 0.5) is 15.8 Å². The van der Waals surface area contributed by atoms with Crippen molar-refractivity contribution < 1.29 is 18.7 Å². The zero-order valence-corrected chi connectivity index (χ0v) is 19.3. The molecule has 2 N–H and O–H groups in total. The van der Waals surface area contributed by atoms with E-state index in [0.29, 0.717) is 30.2 Å². The predicted octanol–water partition coefficient (Wildman–Crippen LogP) is 1.80. The number of halogens is 1. The van der Waals surface area contributed by atoms with E-state index >= 15 is 0 Å². The monoisotopic (exact) mass is 470 g/mol. The summed E-state index contributed by atoms with van der Waals surface area (Å²) < 4.78 is 19.9. The first-order valence-electron chi connectivity index (χ1n) is 10.6. The largest absolute Gasteiger partial charge is 0.462 e. The Bertz CT molecular complexity index is 1120. The zero-order valence-electron chi connectivity index (χ0n) is 19.3. The van der Waals surface area contributed by atoms with Gasteiger partial charge in [0.2, 0.25) is 17.8 Å². The van der Waals surface area contributed by atoms with Gasteiger partial charge in [0.15, 0.2) is 0 Å². The number of nitrogens with one attached hydrogen (secondary N) is 2. The molecule has 11 nitrogen and oxygen atoms in total. The summed E-state index contributed by atoms with van der Waals surface area (Å²) in [6, 6.07) is 3.10. The van der Waals surface area contributed by atoms with E-state index in [0.717, 1.165) is 5.56 Å². The molecule has 0 saturated heterocycles. The molecule has 3 aromatic rings. The number of hydrogen-bond acceptors (Lipinski definition) is 8. The lowest BCUT2D eigenvalue weighted by Gasteiger charge is -2.17. The Balaban J connectivity index is 1.37. The molecule has 0 radical (unpaired) electrons. The van der Waals surface area contributed by atoms with Crippen molar-refractivity contribution in [3.63, 3.8) is 0 Å². The van der Waals surface area contributed by atoms with Crippen LogP contribution in [0.3, 0.4) is 0 Å². The predicted molar refractivity (Wildman–Crippen MR) is 123 cm³/mol. The fourth-order valence-corrected chi connectivity index (χ4v) is 2.88. The van der Waals surface area contributed by atoms with E-state index in [4.69, 9.17) is 4.74 Å². The topological polar surface area (TPSA) is 127 Å². The Kier molecular flexibility index (Phi) is 8.43. The summed E-state index contributed by atoms with van der Waals surface area (Å²) in [6.45, 7) is 4.56. The molecule has 0 aliphatic heterocycles. The molecule has 0 aromatic carbocycles. The van der Waals surface area contributed by atoms with Crippen LogP contribution in [0.2, 0.25) is 0 Å². The Morgan fingerprint density at radius 3 is 2.68 bits per heavy atom. The van der Waals surface area contributed by atoms with E-state index < -0.39 is 5.95 Å². The highest BCUT2D eigenvalue weighted by Crippen LogP contribution is 2.12. The molecular weight excluding hydrogens is 443 g/mol. The van der Waals surface area contributed by atoms with Crippen LogP contribution in [0.5, 0.6) is 6.01 Å². The third kappa shape index (κ3) is 7.50. The van der Waals surface area contributed by atoms with Crippen molar-refractivity contribution in [3.05, 3.63) is 54.1 Å². The van der Waals surface area contributed by atoms with E-state index in [1.165, 1.54) is 21.8 Å². The SMILES string of the molecule is Cc1cnc(OCCN(C)C(=O)Cn2cc(NC(=O)CCNc3ccc(F)nc3C)cn2)nc1. The molecule has 180 valence electrons. The molecule has 0 aliphatic rings. The number of carbonyl (C=O) groups is 2. The second kappa shape index (κ2) is 11.7. The van der Waals surface area contributed by atoms with Gasteiger partial charge in [-0.15, -0.1) is 0 Å². The number of anilines is 2. The second-order valence-electron chi connectivity index (χ2n) is 7.63. The molecule has 12 heteroatoms. The van der Waals surface area contributed by atoms with Gasteiger partial charge in [0.25, 0.3) is 0 Å². The Morgan fingerprint density at radius 1 is 1.18 bits per heavy atom. The molecule has 0 atom stereocenters. The minimum absolute atomic E-state index is 0.0196. The average molecular weight is 471 g/mol. The van der Waals surface area contributed by atoms with Crippen LogP contribution in [0.25, 0.3) is 0 Å². The smallest absolute Gasteiger partial charge is 0.316 e. The molecule has 0 unspecified atom stereocenters. The fraction of sp³-hybridized carbons (Fsp3) is 0.364. The summed E-state index contributed by atoms with van der Waals surface area (Å²) in [6.07, 6.45) is 6.57. The van der Waals surface area contributed by atoms with E-state index in [1.54, 1.807) is 38.6 Å². The van der Waals surface area contributed by atoms with Crippen LogP contribution in [0.1, 0.15) is 17.7 Å². The van der Waals surface area contributed by atoms with Crippen LogP contribution < -0.4 is 15.4 Å². The van der Waals surface area contributed by atoms with Crippen LogP contribution in [-0.4, -0.2) is 68.2 Å². The molecule has 3 heterocycles. The minimum atomic E-state index is -0.548. The highest BCUT2D eigenvalue weighted by atomic mass is 19.1. The number of hydrogen-bond donors (Lipinski definition) is 2. The first-order valence-corrected chi connectivity index (χ1v) is 10.6. The Hall–Kier alpha value is -4.09. The van der Waals surface area contributed by atoms with E-state index in [-0.39, 0.29) is 37.4 Å². The first kappa shape index (κ1) is 24.6. The van der Waals surface area contributed by atoms with Gasteiger partial charge in [0.1, 0.15) is 13.2 Å². The van der Waals surface area contributed by atoms with Crippen LogP contribution in [-0.2, 0) is 16.1 Å². The Labute approximate surface area is 196 Å². The van der Waals surface area contributed by atoms with Crippen molar-refractivity contribution in [2.75, 3.05) is 37.4 Å². The van der Waals surface area contributed by atoms with Crippen molar-refractivity contribution in [3.8, 4) is 6.01 Å². The second-order valence-corrected chi connectivity index (χ2v) is 7.63. The summed E-state index contributed by atoms with van der Waals surface area (Å²) in [5.74, 6) is -0.937. The molecule has 3 aromatic heterocycles. The van der Waals surface area contributed by atoms with Crippen molar-refractivity contribution in [2.24, 2.45) is 0 Å². The Morgan fingerprint density at radius 2 is 1.94 bits per heavy atom. The maximum absolute atomic E-state index is 13.1. The zero-order chi connectivity index (χ0) is 24.5. The van der Waals surface area contributed by atoms with Crippen molar-refractivity contribution in [1.82, 2.24) is 29.6 Å². The molecule has 0 saturated carbocycles.